The van der Waals surface area contributed by atoms with E-state index in [9.17, 15) is 9.59 Å². The molecule has 0 unspecified atom stereocenters. The summed E-state index contributed by atoms with van der Waals surface area (Å²) in [6.07, 6.45) is 6.85. The van der Waals surface area contributed by atoms with Crippen molar-refractivity contribution in [2.45, 2.75) is 25.8 Å². The van der Waals surface area contributed by atoms with Gasteiger partial charge in [0.2, 0.25) is 11.8 Å². The number of primary amides is 1. The highest BCUT2D eigenvalue weighted by atomic mass is 16.2. The van der Waals surface area contributed by atoms with E-state index in [1.807, 2.05) is 6.07 Å². The van der Waals surface area contributed by atoms with Gasteiger partial charge in [0.25, 0.3) is 0 Å². The average molecular weight is 258 g/mol. The number of carbonyl (C=O) groups excluding carboxylic acids is 2. The minimum Gasteiger partial charge on any atom is -0.366 e. The summed E-state index contributed by atoms with van der Waals surface area (Å²) in [5.41, 5.74) is 6.57. The quantitative estimate of drug-likeness (QED) is 0.808. The molecule has 0 saturated heterocycles. The Morgan fingerprint density at radius 2 is 2.16 bits per heavy atom. The van der Waals surface area contributed by atoms with Gasteiger partial charge in [-0.1, -0.05) is 24.3 Å². The third kappa shape index (κ3) is 3.68. The second-order valence-corrected chi connectivity index (χ2v) is 4.76. The molecule has 0 heterocycles. The van der Waals surface area contributed by atoms with Crippen molar-refractivity contribution in [2.24, 2.45) is 11.7 Å². The fraction of sp³-hybridized carbons (Fsp3) is 0.333. The zero-order chi connectivity index (χ0) is 13.7. The van der Waals surface area contributed by atoms with Crippen molar-refractivity contribution in [1.29, 1.82) is 0 Å². The van der Waals surface area contributed by atoms with E-state index in [4.69, 9.17) is 5.73 Å². The fourth-order valence-electron chi connectivity index (χ4n) is 2.20. The molecular formula is C15H18N2O2. The number of nitrogens with one attached hydrogen (secondary N) is 1. The summed E-state index contributed by atoms with van der Waals surface area (Å²) in [4.78, 5) is 23.0. The lowest BCUT2D eigenvalue weighted by Gasteiger charge is -2.17. The first-order chi connectivity index (χ1) is 9.16. The van der Waals surface area contributed by atoms with Crippen LogP contribution in [0.1, 0.15) is 35.2 Å². The van der Waals surface area contributed by atoms with Crippen LogP contribution in [-0.4, -0.2) is 11.8 Å². The first-order valence-electron chi connectivity index (χ1n) is 6.48. The number of hydrogen-bond acceptors (Lipinski definition) is 2. The van der Waals surface area contributed by atoms with Crippen LogP contribution in [0.5, 0.6) is 0 Å². The van der Waals surface area contributed by atoms with Crippen LogP contribution in [0.4, 0.5) is 0 Å². The number of benzene rings is 1. The molecule has 0 radical (unpaired) electrons. The van der Waals surface area contributed by atoms with Crippen LogP contribution < -0.4 is 11.1 Å². The van der Waals surface area contributed by atoms with Gasteiger partial charge >= 0.3 is 0 Å². The van der Waals surface area contributed by atoms with Crippen LogP contribution in [0.25, 0.3) is 0 Å². The topological polar surface area (TPSA) is 72.2 Å². The van der Waals surface area contributed by atoms with Crippen molar-refractivity contribution in [2.75, 3.05) is 0 Å². The maximum absolute atomic E-state index is 12.0. The summed E-state index contributed by atoms with van der Waals surface area (Å²) in [6.45, 7) is 0.431. The summed E-state index contributed by atoms with van der Waals surface area (Å²) in [5, 5.41) is 2.91. The first kappa shape index (κ1) is 13.3. The van der Waals surface area contributed by atoms with E-state index < -0.39 is 5.91 Å². The Morgan fingerprint density at radius 3 is 2.84 bits per heavy atom. The lowest BCUT2D eigenvalue weighted by atomic mass is 9.93. The van der Waals surface area contributed by atoms with E-state index in [1.165, 1.54) is 0 Å². The van der Waals surface area contributed by atoms with Crippen molar-refractivity contribution in [3.63, 3.8) is 0 Å². The minimum absolute atomic E-state index is 0.0734. The Hall–Kier alpha value is -2.10. The number of amides is 2. The molecule has 1 aromatic carbocycles. The van der Waals surface area contributed by atoms with E-state index in [2.05, 4.69) is 17.5 Å². The maximum atomic E-state index is 12.0. The van der Waals surface area contributed by atoms with Crippen molar-refractivity contribution in [3.8, 4) is 0 Å². The Labute approximate surface area is 112 Å². The van der Waals surface area contributed by atoms with Crippen LogP contribution in [0.2, 0.25) is 0 Å². The van der Waals surface area contributed by atoms with Gasteiger partial charge in [0.05, 0.1) is 0 Å². The molecule has 1 atom stereocenters. The predicted octanol–water partition coefficient (Wildman–Crippen LogP) is 1.76. The van der Waals surface area contributed by atoms with Gasteiger partial charge in [-0.05, 0) is 37.0 Å². The maximum Gasteiger partial charge on any atom is 0.248 e. The molecule has 0 bridgehead atoms. The summed E-state index contributed by atoms with van der Waals surface area (Å²) in [7, 11) is 0. The molecule has 0 aliphatic heterocycles. The zero-order valence-electron chi connectivity index (χ0n) is 10.8. The molecule has 0 aromatic heterocycles. The summed E-state index contributed by atoms with van der Waals surface area (Å²) in [6, 6.07) is 7.02. The Bertz CT molecular complexity index is 509. The third-order valence-electron chi connectivity index (χ3n) is 3.32. The third-order valence-corrected chi connectivity index (χ3v) is 3.32. The van der Waals surface area contributed by atoms with Crippen molar-refractivity contribution >= 4 is 11.8 Å². The van der Waals surface area contributed by atoms with E-state index >= 15 is 0 Å². The molecule has 1 aliphatic rings. The van der Waals surface area contributed by atoms with E-state index in [-0.39, 0.29) is 11.8 Å². The normalized spacial score (nSPS) is 18.0. The number of allylic oxidation sites excluding steroid dienone is 2. The first-order valence-corrected chi connectivity index (χ1v) is 6.48. The summed E-state index contributed by atoms with van der Waals surface area (Å²) in [5.74, 6) is -0.302. The smallest absolute Gasteiger partial charge is 0.248 e. The lowest BCUT2D eigenvalue weighted by molar-refractivity contribution is -0.125. The lowest BCUT2D eigenvalue weighted by Crippen LogP contribution is -2.30. The number of rotatable bonds is 4. The van der Waals surface area contributed by atoms with E-state index in [0.717, 1.165) is 24.8 Å². The van der Waals surface area contributed by atoms with Gasteiger partial charge in [0.15, 0.2) is 0 Å². The van der Waals surface area contributed by atoms with Gasteiger partial charge in [0, 0.05) is 18.0 Å². The molecule has 0 spiro atoms. The standard InChI is InChI=1S/C15H18N2O2/c16-14(18)13-8-4-5-11(9-13)10-17-15(19)12-6-2-1-3-7-12/h1-2,4-5,8-9,12H,3,6-7,10H2,(H2,16,18)(H,17,19)/t12-/m0/s1. The van der Waals surface area contributed by atoms with Crippen LogP contribution in [0.3, 0.4) is 0 Å². The Balaban J connectivity index is 1.91. The molecular weight excluding hydrogens is 240 g/mol. The molecule has 2 rings (SSSR count). The monoisotopic (exact) mass is 258 g/mol. The average Bonchev–Trinajstić information content (AvgIpc) is 2.46. The highest BCUT2D eigenvalue weighted by Crippen LogP contribution is 2.18. The van der Waals surface area contributed by atoms with Crippen LogP contribution in [0, 0.1) is 5.92 Å². The van der Waals surface area contributed by atoms with E-state index in [1.54, 1.807) is 18.2 Å². The molecule has 0 saturated carbocycles. The Kier molecular flexibility index (Phi) is 4.34. The second-order valence-electron chi connectivity index (χ2n) is 4.76. The van der Waals surface area contributed by atoms with Crippen LogP contribution >= 0.6 is 0 Å². The van der Waals surface area contributed by atoms with Gasteiger partial charge in [-0.3, -0.25) is 9.59 Å². The molecule has 4 nitrogen and oxygen atoms in total. The SMILES string of the molecule is NC(=O)c1cccc(CNC(=O)[C@H]2CC=CCC2)c1. The summed E-state index contributed by atoms with van der Waals surface area (Å²) < 4.78 is 0. The molecule has 4 heteroatoms. The van der Waals surface area contributed by atoms with Crippen molar-refractivity contribution < 1.29 is 9.59 Å². The number of nitrogens with two attached hydrogens (primary N) is 1. The Morgan fingerprint density at radius 1 is 1.32 bits per heavy atom. The van der Waals surface area contributed by atoms with Crippen molar-refractivity contribution in [3.05, 3.63) is 47.5 Å². The molecule has 100 valence electrons. The largest absolute Gasteiger partial charge is 0.366 e. The molecule has 3 N–H and O–H groups in total. The van der Waals surface area contributed by atoms with Crippen molar-refractivity contribution in [1.82, 2.24) is 5.32 Å². The van der Waals surface area contributed by atoms with Crippen LogP contribution in [0.15, 0.2) is 36.4 Å². The highest BCUT2D eigenvalue weighted by Gasteiger charge is 2.18. The highest BCUT2D eigenvalue weighted by molar-refractivity contribution is 5.92. The zero-order valence-corrected chi connectivity index (χ0v) is 10.8. The molecule has 19 heavy (non-hydrogen) atoms. The molecule has 2 amide bonds. The predicted molar refractivity (Wildman–Crippen MR) is 73.3 cm³/mol. The van der Waals surface area contributed by atoms with Gasteiger partial charge in [0.1, 0.15) is 0 Å². The van der Waals surface area contributed by atoms with E-state index in [0.29, 0.717) is 12.1 Å². The summed E-state index contributed by atoms with van der Waals surface area (Å²) >= 11 is 0. The van der Waals surface area contributed by atoms with Gasteiger partial charge in [-0.25, -0.2) is 0 Å². The minimum atomic E-state index is -0.453. The molecule has 1 aromatic rings. The molecule has 1 aliphatic carbocycles. The fourth-order valence-corrected chi connectivity index (χ4v) is 2.20. The number of carbonyl (C=O) groups is 2. The van der Waals surface area contributed by atoms with Gasteiger partial charge in [-0.2, -0.15) is 0 Å². The van der Waals surface area contributed by atoms with Gasteiger partial charge in [-0.15, -0.1) is 0 Å². The number of hydrogen-bond donors (Lipinski definition) is 2. The van der Waals surface area contributed by atoms with Gasteiger partial charge < -0.3 is 11.1 Å². The molecule has 0 fully saturated rings. The second kappa shape index (κ2) is 6.18. The van der Waals surface area contributed by atoms with Crippen LogP contribution in [-0.2, 0) is 11.3 Å².